The molecular formula is C22H26N4O3S. The fraction of sp³-hybridized carbons (Fsp3) is 0.364. The minimum Gasteiger partial charge on any atom is -0.342 e. The molecule has 8 heteroatoms. The van der Waals surface area contributed by atoms with Crippen LogP contribution in [-0.2, 0) is 10.0 Å². The number of para-hydroxylation sites is 2. The van der Waals surface area contributed by atoms with E-state index in [-0.39, 0.29) is 16.7 Å². The molecule has 0 bridgehead atoms. The number of nitrogens with one attached hydrogen (secondary N) is 1. The molecule has 30 heavy (non-hydrogen) atoms. The zero-order chi connectivity index (χ0) is 21.5. The number of carbonyl (C=O) groups excluding carboxylic acids is 1. The number of hydrogen-bond donors (Lipinski definition) is 1. The monoisotopic (exact) mass is 426 g/mol. The molecule has 1 amide bonds. The van der Waals surface area contributed by atoms with Crippen molar-refractivity contribution in [3.63, 3.8) is 0 Å². The Morgan fingerprint density at radius 2 is 1.97 bits per heavy atom. The summed E-state index contributed by atoms with van der Waals surface area (Å²) < 4.78 is 26.2. The maximum Gasteiger partial charge on any atom is 0.254 e. The fourth-order valence-electron chi connectivity index (χ4n) is 3.92. The van der Waals surface area contributed by atoms with Crippen LogP contribution in [-0.4, -0.2) is 60.7 Å². The lowest BCUT2D eigenvalue weighted by molar-refractivity contribution is 0.0704. The number of rotatable bonds is 4. The van der Waals surface area contributed by atoms with E-state index in [2.05, 4.69) is 4.98 Å². The molecule has 1 atom stereocenters. The average Bonchev–Trinajstić information content (AvgIpc) is 3.18. The van der Waals surface area contributed by atoms with Gasteiger partial charge >= 0.3 is 0 Å². The second kappa shape index (κ2) is 7.85. The Hall–Kier alpha value is -2.71. The Morgan fingerprint density at radius 1 is 1.20 bits per heavy atom. The van der Waals surface area contributed by atoms with Crippen molar-refractivity contribution in [3.8, 4) is 0 Å². The van der Waals surface area contributed by atoms with E-state index in [1.165, 1.54) is 20.2 Å². The minimum absolute atomic E-state index is 0.129. The molecule has 1 aromatic heterocycles. The normalized spacial score (nSPS) is 17.6. The molecule has 2 aromatic carbocycles. The lowest BCUT2D eigenvalue weighted by atomic mass is 9.96. The number of sulfonamides is 1. The molecule has 7 nitrogen and oxygen atoms in total. The Bertz CT molecular complexity index is 1170. The van der Waals surface area contributed by atoms with Gasteiger partial charge in [-0.15, -0.1) is 0 Å². The van der Waals surface area contributed by atoms with Crippen molar-refractivity contribution in [1.82, 2.24) is 19.2 Å². The molecular weight excluding hydrogens is 400 g/mol. The predicted molar refractivity (Wildman–Crippen MR) is 116 cm³/mol. The SMILES string of the molecule is Cc1ccc(S(=O)(=O)N(C)C)cc1C(=O)N1CCC[C@H](c2nc3ccccc3[nH]2)C1. The van der Waals surface area contributed by atoms with Crippen LogP contribution in [0, 0.1) is 6.92 Å². The van der Waals surface area contributed by atoms with Crippen LogP contribution in [0.3, 0.4) is 0 Å². The van der Waals surface area contributed by atoms with Gasteiger partial charge in [-0.3, -0.25) is 4.79 Å². The predicted octanol–water partition coefficient (Wildman–Crippen LogP) is 3.14. The zero-order valence-electron chi connectivity index (χ0n) is 17.4. The van der Waals surface area contributed by atoms with Gasteiger partial charge in [-0.1, -0.05) is 18.2 Å². The standard InChI is InChI=1S/C22H26N4O3S/c1-15-10-11-17(30(28,29)25(2)3)13-18(15)22(27)26-12-6-7-16(14-26)21-23-19-8-4-5-9-20(19)24-21/h4-5,8-11,13,16H,6-7,12,14H2,1-3H3,(H,23,24)/t16-/m0/s1. The first-order valence-corrected chi connectivity index (χ1v) is 11.5. The van der Waals surface area contributed by atoms with Gasteiger partial charge in [-0.05, 0) is 49.6 Å². The Balaban J connectivity index is 1.60. The van der Waals surface area contributed by atoms with E-state index in [9.17, 15) is 13.2 Å². The van der Waals surface area contributed by atoms with Crippen molar-refractivity contribution in [2.45, 2.75) is 30.6 Å². The highest BCUT2D eigenvalue weighted by Crippen LogP contribution is 2.28. The number of H-pyrrole nitrogens is 1. The first kappa shape index (κ1) is 20.6. The number of amides is 1. The van der Waals surface area contributed by atoms with Crippen molar-refractivity contribution < 1.29 is 13.2 Å². The maximum absolute atomic E-state index is 13.3. The van der Waals surface area contributed by atoms with E-state index >= 15 is 0 Å². The number of aryl methyl sites for hydroxylation is 1. The summed E-state index contributed by atoms with van der Waals surface area (Å²) in [7, 11) is -0.631. The summed E-state index contributed by atoms with van der Waals surface area (Å²) in [6.45, 7) is 3.04. The van der Waals surface area contributed by atoms with Crippen molar-refractivity contribution in [1.29, 1.82) is 0 Å². The highest BCUT2D eigenvalue weighted by Gasteiger charge is 2.29. The molecule has 1 aliphatic rings. The highest BCUT2D eigenvalue weighted by atomic mass is 32.2. The van der Waals surface area contributed by atoms with Crippen molar-refractivity contribution >= 4 is 27.0 Å². The molecule has 4 rings (SSSR count). The largest absolute Gasteiger partial charge is 0.342 e. The van der Waals surface area contributed by atoms with Crippen molar-refractivity contribution in [2.75, 3.05) is 27.2 Å². The molecule has 0 saturated carbocycles. The lowest BCUT2D eigenvalue weighted by Crippen LogP contribution is -2.39. The van der Waals surface area contributed by atoms with Gasteiger partial charge in [0.1, 0.15) is 5.82 Å². The molecule has 0 aliphatic carbocycles. The lowest BCUT2D eigenvalue weighted by Gasteiger charge is -2.32. The summed E-state index contributed by atoms with van der Waals surface area (Å²) >= 11 is 0. The minimum atomic E-state index is -3.60. The van der Waals surface area contributed by atoms with Crippen molar-refractivity contribution in [3.05, 3.63) is 59.4 Å². The molecule has 1 fully saturated rings. The van der Waals surface area contributed by atoms with Crippen LogP contribution in [0.2, 0.25) is 0 Å². The third-order valence-electron chi connectivity index (χ3n) is 5.72. The smallest absolute Gasteiger partial charge is 0.254 e. The molecule has 1 N–H and O–H groups in total. The highest BCUT2D eigenvalue weighted by molar-refractivity contribution is 7.89. The number of fused-ring (bicyclic) bond motifs is 1. The van der Waals surface area contributed by atoms with Gasteiger partial charge in [0, 0.05) is 38.7 Å². The van der Waals surface area contributed by atoms with Crippen LogP contribution >= 0.6 is 0 Å². The summed E-state index contributed by atoms with van der Waals surface area (Å²) in [5.74, 6) is 0.891. The van der Waals surface area contributed by atoms with E-state index in [1.54, 1.807) is 12.1 Å². The number of nitrogens with zero attached hydrogens (tertiary/aromatic N) is 3. The second-order valence-electron chi connectivity index (χ2n) is 7.99. The van der Waals surface area contributed by atoms with Crippen LogP contribution in [0.15, 0.2) is 47.4 Å². The summed E-state index contributed by atoms with van der Waals surface area (Å²) in [6, 6.07) is 12.6. The van der Waals surface area contributed by atoms with E-state index in [4.69, 9.17) is 4.98 Å². The number of aromatic nitrogens is 2. The topological polar surface area (TPSA) is 86.4 Å². The molecule has 3 aromatic rings. The van der Waals surface area contributed by atoms with E-state index in [1.807, 2.05) is 36.1 Å². The quantitative estimate of drug-likeness (QED) is 0.694. The van der Waals surface area contributed by atoms with Crippen LogP contribution in [0.5, 0.6) is 0 Å². The fourth-order valence-corrected chi connectivity index (χ4v) is 4.85. The number of aromatic amines is 1. The van der Waals surface area contributed by atoms with Gasteiger partial charge in [0.25, 0.3) is 5.91 Å². The third kappa shape index (κ3) is 3.73. The van der Waals surface area contributed by atoms with Gasteiger partial charge in [-0.2, -0.15) is 0 Å². The Labute approximate surface area is 176 Å². The van der Waals surface area contributed by atoms with E-state index in [0.717, 1.165) is 39.6 Å². The van der Waals surface area contributed by atoms with Crippen LogP contribution in [0.4, 0.5) is 0 Å². The summed E-state index contributed by atoms with van der Waals surface area (Å²) in [5.41, 5.74) is 3.12. The van der Waals surface area contributed by atoms with Gasteiger partial charge in [0.15, 0.2) is 0 Å². The second-order valence-corrected chi connectivity index (χ2v) is 10.1. The van der Waals surface area contributed by atoms with Gasteiger partial charge in [0.05, 0.1) is 15.9 Å². The molecule has 0 radical (unpaired) electrons. The molecule has 1 saturated heterocycles. The number of benzene rings is 2. The molecule has 0 spiro atoms. The van der Waals surface area contributed by atoms with E-state index in [0.29, 0.717) is 18.7 Å². The number of piperidine rings is 1. The first-order valence-electron chi connectivity index (χ1n) is 10.0. The third-order valence-corrected chi connectivity index (χ3v) is 7.53. The maximum atomic E-state index is 13.3. The molecule has 1 aliphatic heterocycles. The summed E-state index contributed by atoms with van der Waals surface area (Å²) in [6.07, 6.45) is 1.83. The van der Waals surface area contributed by atoms with Gasteiger partial charge in [0.2, 0.25) is 10.0 Å². The number of imidazole rings is 1. The van der Waals surface area contributed by atoms with Gasteiger partial charge < -0.3 is 9.88 Å². The summed E-state index contributed by atoms with van der Waals surface area (Å²) in [5, 5.41) is 0. The first-order chi connectivity index (χ1) is 14.3. The molecule has 2 heterocycles. The molecule has 158 valence electrons. The Morgan fingerprint density at radius 3 is 2.70 bits per heavy atom. The summed E-state index contributed by atoms with van der Waals surface area (Å²) in [4.78, 5) is 23.3. The average molecular weight is 427 g/mol. The van der Waals surface area contributed by atoms with Gasteiger partial charge in [-0.25, -0.2) is 17.7 Å². The number of hydrogen-bond acceptors (Lipinski definition) is 4. The van der Waals surface area contributed by atoms with Crippen LogP contribution < -0.4 is 0 Å². The van der Waals surface area contributed by atoms with E-state index < -0.39 is 10.0 Å². The van der Waals surface area contributed by atoms with Crippen LogP contribution in [0.1, 0.15) is 40.5 Å². The zero-order valence-corrected chi connectivity index (χ0v) is 18.2. The Kier molecular flexibility index (Phi) is 5.38. The number of likely N-dealkylation sites (tertiary alicyclic amines) is 1. The number of carbonyl (C=O) groups is 1. The van der Waals surface area contributed by atoms with Crippen LogP contribution in [0.25, 0.3) is 11.0 Å². The molecule has 0 unspecified atom stereocenters. The van der Waals surface area contributed by atoms with Crippen molar-refractivity contribution in [2.24, 2.45) is 0 Å².